The van der Waals surface area contributed by atoms with Crippen molar-refractivity contribution in [1.29, 1.82) is 0 Å². The van der Waals surface area contributed by atoms with Gasteiger partial charge in [-0.25, -0.2) is 4.99 Å². The SMILES string of the molecule is C=CN=C1C=NC(C)(C)C=CN1/C=C/C.CC. The summed E-state index contributed by atoms with van der Waals surface area (Å²) in [5.41, 5.74) is -0.182. The average molecular weight is 233 g/mol. The largest absolute Gasteiger partial charge is 0.308 e. The molecule has 0 bridgehead atoms. The minimum Gasteiger partial charge on any atom is -0.308 e. The van der Waals surface area contributed by atoms with Crippen molar-refractivity contribution in [2.75, 3.05) is 0 Å². The molecule has 0 atom stereocenters. The number of aliphatic imine (C=N–C) groups is 2. The molecule has 3 heteroatoms. The number of nitrogens with zero attached hydrogens (tertiary/aromatic N) is 3. The van der Waals surface area contributed by atoms with Crippen molar-refractivity contribution in [3.05, 3.63) is 37.3 Å². The standard InChI is InChI=1S/C12H17N3.C2H6/c1-5-8-15-9-7-12(3,4)14-10-11(15)13-6-2;1-2/h5-10H,2H2,1,3-4H3;1-2H3/b8-5+,13-11?;. The first-order valence-electron chi connectivity index (χ1n) is 5.93. The molecule has 1 heterocycles. The van der Waals surface area contributed by atoms with Crippen LogP contribution >= 0.6 is 0 Å². The Bertz CT molecular complexity index is 346. The smallest absolute Gasteiger partial charge is 0.154 e. The highest BCUT2D eigenvalue weighted by Crippen LogP contribution is 2.14. The van der Waals surface area contributed by atoms with Crippen molar-refractivity contribution in [2.24, 2.45) is 9.98 Å². The van der Waals surface area contributed by atoms with E-state index in [2.05, 4.69) is 16.6 Å². The zero-order chi connectivity index (χ0) is 13.3. The van der Waals surface area contributed by atoms with Crippen molar-refractivity contribution >= 4 is 12.1 Å². The maximum atomic E-state index is 4.42. The van der Waals surface area contributed by atoms with E-state index in [4.69, 9.17) is 0 Å². The first-order chi connectivity index (χ1) is 8.09. The molecular weight excluding hydrogens is 210 g/mol. The van der Waals surface area contributed by atoms with E-state index < -0.39 is 0 Å². The fraction of sp³-hybridized carbons (Fsp3) is 0.429. The Hall–Kier alpha value is -1.64. The summed E-state index contributed by atoms with van der Waals surface area (Å²) in [5, 5.41) is 0. The van der Waals surface area contributed by atoms with Gasteiger partial charge in [0.1, 0.15) is 0 Å². The normalized spacial score (nSPS) is 20.1. The Morgan fingerprint density at radius 3 is 2.59 bits per heavy atom. The minimum absolute atomic E-state index is 0.182. The van der Waals surface area contributed by atoms with Gasteiger partial charge in [-0.05, 0) is 26.8 Å². The third kappa shape index (κ3) is 5.29. The van der Waals surface area contributed by atoms with Gasteiger partial charge in [0.05, 0.1) is 11.8 Å². The van der Waals surface area contributed by atoms with E-state index in [0.29, 0.717) is 0 Å². The summed E-state index contributed by atoms with van der Waals surface area (Å²) in [6, 6.07) is 0. The van der Waals surface area contributed by atoms with E-state index in [0.717, 1.165) is 5.84 Å². The van der Waals surface area contributed by atoms with E-state index in [1.807, 2.05) is 64.1 Å². The van der Waals surface area contributed by atoms with Crippen LogP contribution in [0.3, 0.4) is 0 Å². The number of amidine groups is 1. The molecule has 0 aliphatic carbocycles. The van der Waals surface area contributed by atoms with Gasteiger partial charge in [-0.2, -0.15) is 0 Å². The van der Waals surface area contributed by atoms with Crippen LogP contribution in [0.2, 0.25) is 0 Å². The second-order valence-electron chi connectivity index (χ2n) is 3.79. The Kier molecular flexibility index (Phi) is 6.87. The number of rotatable bonds is 2. The number of hydrogen-bond acceptors (Lipinski definition) is 2. The van der Waals surface area contributed by atoms with Gasteiger partial charge in [-0.15, -0.1) is 0 Å². The van der Waals surface area contributed by atoms with E-state index in [1.165, 1.54) is 6.20 Å². The Morgan fingerprint density at radius 1 is 1.41 bits per heavy atom. The minimum atomic E-state index is -0.182. The molecule has 94 valence electrons. The third-order valence-electron chi connectivity index (χ3n) is 1.95. The van der Waals surface area contributed by atoms with Gasteiger partial charge >= 0.3 is 0 Å². The highest BCUT2D eigenvalue weighted by molar-refractivity contribution is 6.30. The van der Waals surface area contributed by atoms with Crippen LogP contribution in [0.5, 0.6) is 0 Å². The van der Waals surface area contributed by atoms with Crippen LogP contribution in [-0.4, -0.2) is 22.5 Å². The first-order valence-corrected chi connectivity index (χ1v) is 5.93. The van der Waals surface area contributed by atoms with Crippen LogP contribution < -0.4 is 0 Å². The van der Waals surface area contributed by atoms with E-state index in [-0.39, 0.29) is 5.54 Å². The van der Waals surface area contributed by atoms with Gasteiger partial charge < -0.3 is 4.90 Å². The molecule has 3 nitrogen and oxygen atoms in total. The van der Waals surface area contributed by atoms with Crippen LogP contribution in [0.4, 0.5) is 0 Å². The fourth-order valence-corrected chi connectivity index (χ4v) is 1.15. The van der Waals surface area contributed by atoms with Gasteiger partial charge in [-0.1, -0.05) is 26.5 Å². The Balaban J connectivity index is 0.00000121. The second kappa shape index (κ2) is 7.60. The highest BCUT2D eigenvalue weighted by atomic mass is 15.2. The molecule has 1 rings (SSSR count). The molecule has 0 aromatic rings. The highest BCUT2D eigenvalue weighted by Gasteiger charge is 2.15. The molecule has 0 fully saturated rings. The summed E-state index contributed by atoms with van der Waals surface area (Å²) >= 11 is 0. The summed E-state index contributed by atoms with van der Waals surface area (Å²) in [7, 11) is 0. The van der Waals surface area contributed by atoms with Crippen LogP contribution in [-0.2, 0) is 0 Å². The average Bonchev–Trinajstić information content (AvgIpc) is 2.45. The molecule has 1 aliphatic heterocycles. The van der Waals surface area contributed by atoms with Gasteiger partial charge in [0.25, 0.3) is 0 Å². The quantitative estimate of drug-likeness (QED) is 0.713. The predicted octanol–water partition coefficient (Wildman–Crippen LogP) is 3.77. The Morgan fingerprint density at radius 2 is 2.06 bits per heavy atom. The summed E-state index contributed by atoms with van der Waals surface area (Å²) in [5.74, 6) is 0.768. The molecule has 17 heavy (non-hydrogen) atoms. The topological polar surface area (TPSA) is 28.0 Å². The van der Waals surface area contributed by atoms with Gasteiger partial charge in [0.15, 0.2) is 5.84 Å². The van der Waals surface area contributed by atoms with Gasteiger partial charge in [0, 0.05) is 18.6 Å². The zero-order valence-electron chi connectivity index (χ0n) is 11.5. The lowest BCUT2D eigenvalue weighted by molar-refractivity contribution is 0.652. The molecular formula is C14H23N3. The summed E-state index contributed by atoms with van der Waals surface area (Å²) in [6.07, 6.45) is 11.2. The second-order valence-corrected chi connectivity index (χ2v) is 3.79. The predicted molar refractivity (Wildman–Crippen MR) is 77.3 cm³/mol. The van der Waals surface area contributed by atoms with E-state index in [9.17, 15) is 0 Å². The number of hydrogen-bond donors (Lipinski definition) is 0. The lowest BCUT2D eigenvalue weighted by atomic mass is 10.1. The molecule has 0 aromatic heterocycles. The fourth-order valence-electron chi connectivity index (χ4n) is 1.15. The van der Waals surface area contributed by atoms with Crippen molar-refractivity contribution in [1.82, 2.24) is 4.90 Å². The van der Waals surface area contributed by atoms with Crippen molar-refractivity contribution in [3.63, 3.8) is 0 Å². The molecule has 0 spiro atoms. The molecule has 0 saturated carbocycles. The van der Waals surface area contributed by atoms with E-state index in [1.54, 1.807) is 6.21 Å². The lowest BCUT2D eigenvalue weighted by Gasteiger charge is -2.13. The van der Waals surface area contributed by atoms with E-state index >= 15 is 0 Å². The summed E-state index contributed by atoms with van der Waals surface area (Å²) < 4.78 is 0. The molecule has 1 aliphatic rings. The summed E-state index contributed by atoms with van der Waals surface area (Å²) in [6.45, 7) is 13.6. The van der Waals surface area contributed by atoms with Crippen LogP contribution in [0.15, 0.2) is 47.3 Å². The molecule has 0 amide bonds. The zero-order valence-corrected chi connectivity index (χ0v) is 11.5. The molecule has 0 aromatic carbocycles. The van der Waals surface area contributed by atoms with Crippen LogP contribution in [0.1, 0.15) is 34.6 Å². The van der Waals surface area contributed by atoms with Crippen molar-refractivity contribution < 1.29 is 0 Å². The van der Waals surface area contributed by atoms with Crippen LogP contribution in [0.25, 0.3) is 0 Å². The lowest BCUT2D eigenvalue weighted by Crippen LogP contribution is -2.20. The Labute approximate surface area is 105 Å². The monoisotopic (exact) mass is 233 g/mol. The molecule has 0 N–H and O–H groups in total. The van der Waals surface area contributed by atoms with Crippen LogP contribution in [0, 0.1) is 0 Å². The number of allylic oxidation sites excluding steroid dienone is 1. The summed E-state index contributed by atoms with van der Waals surface area (Å²) in [4.78, 5) is 10.5. The van der Waals surface area contributed by atoms with Crippen molar-refractivity contribution in [2.45, 2.75) is 40.2 Å². The maximum absolute atomic E-state index is 4.42. The molecule has 0 saturated heterocycles. The van der Waals surface area contributed by atoms with Gasteiger partial charge in [-0.3, -0.25) is 4.99 Å². The molecule has 0 radical (unpaired) electrons. The first kappa shape index (κ1) is 15.4. The van der Waals surface area contributed by atoms with Crippen molar-refractivity contribution in [3.8, 4) is 0 Å². The molecule has 0 unspecified atom stereocenters. The van der Waals surface area contributed by atoms with Gasteiger partial charge in [0.2, 0.25) is 0 Å². The maximum Gasteiger partial charge on any atom is 0.154 e. The third-order valence-corrected chi connectivity index (χ3v) is 1.95.